The lowest BCUT2D eigenvalue weighted by Crippen LogP contribution is -2.16. The van der Waals surface area contributed by atoms with Crippen LogP contribution in [0.2, 0.25) is 0 Å². The zero-order chi connectivity index (χ0) is 15.8. The normalized spacial score (nSPS) is 12.6. The molecule has 4 aromatic heterocycles. The van der Waals surface area contributed by atoms with Gasteiger partial charge in [-0.05, 0) is 29.8 Å². The maximum absolute atomic E-state index is 12.3. The van der Waals surface area contributed by atoms with Gasteiger partial charge in [-0.25, -0.2) is 9.50 Å². The highest BCUT2D eigenvalue weighted by Crippen LogP contribution is 2.26. The number of aromatic amines is 1. The van der Waals surface area contributed by atoms with E-state index in [0.29, 0.717) is 22.8 Å². The smallest absolute Gasteiger partial charge is 0.272 e. The van der Waals surface area contributed by atoms with E-state index in [-0.39, 0.29) is 10.8 Å². The van der Waals surface area contributed by atoms with Crippen molar-refractivity contribution in [3.63, 3.8) is 0 Å². The summed E-state index contributed by atoms with van der Waals surface area (Å²) in [5.74, 6) is 0.646. The Morgan fingerprint density at radius 1 is 1.22 bits per heavy atom. The molecule has 0 aliphatic heterocycles. The molecule has 4 heterocycles. The maximum Gasteiger partial charge on any atom is 0.272 e. The predicted molar refractivity (Wildman–Crippen MR) is 88.6 cm³/mol. The molecule has 1 N–H and O–H groups in total. The van der Waals surface area contributed by atoms with E-state index in [4.69, 9.17) is 4.42 Å². The maximum atomic E-state index is 12.3. The van der Waals surface area contributed by atoms with Crippen LogP contribution in [0, 0.1) is 0 Å². The molecule has 0 fully saturated rings. The van der Waals surface area contributed by atoms with Crippen molar-refractivity contribution in [2.45, 2.75) is 5.25 Å². The van der Waals surface area contributed by atoms with E-state index >= 15 is 0 Å². The van der Waals surface area contributed by atoms with E-state index in [1.54, 1.807) is 30.8 Å². The van der Waals surface area contributed by atoms with Gasteiger partial charge in [-0.1, -0.05) is 0 Å². The van der Waals surface area contributed by atoms with Crippen molar-refractivity contribution < 1.29 is 4.42 Å². The highest BCUT2D eigenvalue weighted by Gasteiger charge is 2.15. The molecule has 0 aliphatic carbocycles. The van der Waals surface area contributed by atoms with E-state index in [0.717, 1.165) is 5.56 Å². The fourth-order valence-corrected chi connectivity index (χ4v) is 2.73. The fourth-order valence-electron chi connectivity index (χ4n) is 2.42. The van der Waals surface area contributed by atoms with Crippen molar-refractivity contribution in [2.24, 2.45) is 0 Å². The number of aromatic nitrogens is 4. The molecule has 0 saturated carbocycles. The van der Waals surface area contributed by atoms with E-state index in [1.165, 1.54) is 10.6 Å². The Balaban J connectivity index is 1.82. The van der Waals surface area contributed by atoms with Crippen LogP contribution in [-0.4, -0.2) is 19.6 Å². The van der Waals surface area contributed by atoms with Gasteiger partial charge >= 0.3 is 0 Å². The number of hydrogen-bond acceptors (Lipinski definition) is 5. The summed E-state index contributed by atoms with van der Waals surface area (Å²) in [6, 6.07) is 10.6. The van der Waals surface area contributed by atoms with Crippen LogP contribution in [0.25, 0.3) is 17.1 Å². The summed E-state index contributed by atoms with van der Waals surface area (Å²) in [5.41, 5.74) is 2.54. The predicted octanol–water partition coefficient (Wildman–Crippen LogP) is 2.70. The van der Waals surface area contributed by atoms with Crippen molar-refractivity contribution in [3.8, 4) is 11.5 Å². The van der Waals surface area contributed by atoms with E-state index in [2.05, 4.69) is 27.7 Å². The average molecular weight is 324 g/mol. The third-order valence-corrected chi connectivity index (χ3v) is 4.12. The lowest BCUT2D eigenvalue weighted by atomic mass is 10.1. The molecule has 0 saturated heterocycles. The molecule has 0 aliphatic rings. The van der Waals surface area contributed by atoms with Crippen molar-refractivity contribution in [1.29, 1.82) is 0 Å². The third-order valence-electron chi connectivity index (χ3n) is 3.56. The Hall–Kier alpha value is -2.80. The number of nitrogens with zero attached hydrogens (tertiary/aromatic N) is 3. The molecule has 1 atom stereocenters. The second-order valence-electron chi connectivity index (χ2n) is 5.04. The fraction of sp³-hybridized carbons (Fsp3) is 0.0625. The molecule has 4 rings (SSSR count). The molecule has 0 spiro atoms. The minimum Gasteiger partial charge on any atom is -0.463 e. The van der Waals surface area contributed by atoms with E-state index < -0.39 is 0 Å². The topological polar surface area (TPSA) is 76.2 Å². The number of hydrogen-bond donors (Lipinski definition) is 2. The molecular weight excluding hydrogens is 312 g/mol. The number of thiol groups is 1. The van der Waals surface area contributed by atoms with Crippen LogP contribution in [-0.2, 0) is 0 Å². The van der Waals surface area contributed by atoms with Gasteiger partial charge in [0.15, 0.2) is 11.4 Å². The Kier molecular flexibility index (Phi) is 3.27. The quantitative estimate of drug-likeness (QED) is 0.568. The van der Waals surface area contributed by atoms with Gasteiger partial charge in [-0.3, -0.25) is 14.9 Å². The first-order chi connectivity index (χ1) is 11.2. The van der Waals surface area contributed by atoms with Gasteiger partial charge in [0.05, 0.1) is 17.2 Å². The highest BCUT2D eigenvalue weighted by atomic mass is 32.1. The SMILES string of the molecule is O=c1cc(C(S)c2ccncc2)nc2cc(-c3ccco3)[nH]n12. The Bertz CT molecular complexity index is 1010. The number of H-pyrrole nitrogens is 1. The first kappa shape index (κ1) is 13.8. The van der Waals surface area contributed by atoms with E-state index in [1.807, 2.05) is 18.2 Å². The van der Waals surface area contributed by atoms with Crippen LogP contribution in [0.15, 0.2) is 64.3 Å². The summed E-state index contributed by atoms with van der Waals surface area (Å²) in [7, 11) is 0. The summed E-state index contributed by atoms with van der Waals surface area (Å²) in [4.78, 5) is 20.9. The van der Waals surface area contributed by atoms with Crippen LogP contribution in [0.4, 0.5) is 0 Å². The average Bonchev–Trinajstić information content (AvgIpc) is 3.24. The number of nitrogens with one attached hydrogen (secondary N) is 1. The van der Waals surface area contributed by atoms with Gasteiger partial charge < -0.3 is 4.42 Å². The number of pyridine rings is 1. The molecule has 23 heavy (non-hydrogen) atoms. The largest absolute Gasteiger partial charge is 0.463 e. The standard InChI is InChI=1S/C16H12N4O2S/c21-15-9-12(16(23)10-3-5-17-6-4-10)18-14-8-11(19-20(14)15)13-2-1-7-22-13/h1-9,16,19,23H. The highest BCUT2D eigenvalue weighted by molar-refractivity contribution is 7.80. The number of fused-ring (bicyclic) bond motifs is 1. The Morgan fingerprint density at radius 3 is 2.78 bits per heavy atom. The molecule has 0 bridgehead atoms. The number of furan rings is 1. The molecule has 114 valence electrons. The Morgan fingerprint density at radius 2 is 2.04 bits per heavy atom. The molecule has 0 radical (unpaired) electrons. The molecule has 4 aromatic rings. The molecule has 6 nitrogen and oxygen atoms in total. The van der Waals surface area contributed by atoms with Gasteiger partial charge in [0.1, 0.15) is 5.69 Å². The molecular formula is C16H12N4O2S. The van der Waals surface area contributed by atoms with E-state index in [9.17, 15) is 4.79 Å². The lowest BCUT2D eigenvalue weighted by molar-refractivity contribution is 0.579. The third kappa shape index (κ3) is 2.44. The van der Waals surface area contributed by atoms with Gasteiger partial charge in [-0.15, -0.1) is 0 Å². The van der Waals surface area contributed by atoms with Crippen molar-refractivity contribution >= 4 is 18.3 Å². The van der Waals surface area contributed by atoms with Crippen LogP contribution in [0.5, 0.6) is 0 Å². The van der Waals surface area contributed by atoms with Crippen molar-refractivity contribution in [2.75, 3.05) is 0 Å². The first-order valence-electron chi connectivity index (χ1n) is 6.97. The van der Waals surface area contributed by atoms with Crippen molar-refractivity contribution in [3.05, 3.63) is 76.7 Å². The summed E-state index contributed by atoms with van der Waals surface area (Å²) >= 11 is 4.58. The van der Waals surface area contributed by atoms with Gasteiger partial charge in [0.25, 0.3) is 5.56 Å². The van der Waals surface area contributed by atoms with Crippen LogP contribution < -0.4 is 5.56 Å². The molecule has 1 unspecified atom stereocenters. The van der Waals surface area contributed by atoms with Crippen LogP contribution in [0.1, 0.15) is 16.5 Å². The Labute approximate surface area is 136 Å². The first-order valence-corrected chi connectivity index (χ1v) is 7.48. The van der Waals surface area contributed by atoms with Gasteiger partial charge in [0, 0.05) is 24.5 Å². The zero-order valence-electron chi connectivity index (χ0n) is 11.9. The minimum atomic E-state index is -0.294. The van der Waals surface area contributed by atoms with Crippen molar-refractivity contribution in [1.82, 2.24) is 19.6 Å². The molecule has 0 amide bonds. The summed E-state index contributed by atoms with van der Waals surface area (Å²) in [6.45, 7) is 0. The summed E-state index contributed by atoms with van der Waals surface area (Å²) in [5, 5.41) is 2.69. The minimum absolute atomic E-state index is 0.198. The lowest BCUT2D eigenvalue weighted by Gasteiger charge is -2.09. The van der Waals surface area contributed by atoms with Crippen LogP contribution in [0.3, 0.4) is 0 Å². The molecule has 0 aromatic carbocycles. The zero-order valence-corrected chi connectivity index (χ0v) is 12.8. The summed E-state index contributed by atoms with van der Waals surface area (Å²) in [6.07, 6.45) is 4.96. The number of rotatable bonds is 3. The molecule has 7 heteroatoms. The summed E-state index contributed by atoms with van der Waals surface area (Å²) < 4.78 is 6.72. The van der Waals surface area contributed by atoms with Gasteiger partial charge in [-0.2, -0.15) is 12.6 Å². The van der Waals surface area contributed by atoms with Crippen LogP contribution >= 0.6 is 12.6 Å². The second kappa shape index (κ2) is 5.44. The second-order valence-corrected chi connectivity index (χ2v) is 5.56. The van der Waals surface area contributed by atoms with Gasteiger partial charge in [0.2, 0.25) is 0 Å². The monoisotopic (exact) mass is 324 g/mol.